The SMILES string of the molecule is O=C(NC1CCCCCC1)c1cnc(Nc2c(Cl)cccc2Cl)nc1. The van der Waals surface area contributed by atoms with Gasteiger partial charge in [0.2, 0.25) is 5.95 Å². The quantitative estimate of drug-likeness (QED) is 0.736. The zero-order valence-electron chi connectivity index (χ0n) is 13.8. The number of nitrogens with one attached hydrogen (secondary N) is 2. The van der Waals surface area contributed by atoms with E-state index >= 15 is 0 Å². The van der Waals surface area contributed by atoms with Crippen LogP contribution >= 0.6 is 23.2 Å². The molecule has 1 aromatic heterocycles. The van der Waals surface area contributed by atoms with Crippen molar-refractivity contribution in [3.05, 3.63) is 46.2 Å². The van der Waals surface area contributed by atoms with E-state index in [2.05, 4.69) is 20.6 Å². The van der Waals surface area contributed by atoms with Crippen LogP contribution in [-0.4, -0.2) is 21.9 Å². The molecule has 0 spiro atoms. The molecule has 25 heavy (non-hydrogen) atoms. The lowest BCUT2D eigenvalue weighted by molar-refractivity contribution is 0.0932. The molecule has 132 valence electrons. The smallest absolute Gasteiger partial charge is 0.254 e. The van der Waals surface area contributed by atoms with Gasteiger partial charge in [-0.2, -0.15) is 0 Å². The van der Waals surface area contributed by atoms with Gasteiger partial charge in [0.05, 0.1) is 21.3 Å². The van der Waals surface area contributed by atoms with Crippen molar-refractivity contribution < 1.29 is 4.79 Å². The normalized spacial score (nSPS) is 15.4. The van der Waals surface area contributed by atoms with Gasteiger partial charge in [0, 0.05) is 18.4 Å². The second kappa shape index (κ2) is 8.50. The lowest BCUT2D eigenvalue weighted by Gasteiger charge is -2.16. The zero-order valence-corrected chi connectivity index (χ0v) is 15.3. The maximum absolute atomic E-state index is 12.3. The van der Waals surface area contributed by atoms with Gasteiger partial charge in [0.25, 0.3) is 5.91 Å². The minimum Gasteiger partial charge on any atom is -0.349 e. The first kappa shape index (κ1) is 18.0. The second-order valence-electron chi connectivity index (χ2n) is 6.18. The molecule has 1 fully saturated rings. The number of para-hydroxylation sites is 1. The van der Waals surface area contributed by atoms with Gasteiger partial charge < -0.3 is 10.6 Å². The highest BCUT2D eigenvalue weighted by Crippen LogP contribution is 2.31. The van der Waals surface area contributed by atoms with Crippen LogP contribution in [0.5, 0.6) is 0 Å². The highest BCUT2D eigenvalue weighted by Gasteiger charge is 2.16. The standard InChI is InChI=1S/C18H20Cl2N4O/c19-14-8-5-9-15(20)16(14)24-18-21-10-12(11-22-18)17(25)23-13-6-3-1-2-4-7-13/h5,8-11,13H,1-4,6-7H2,(H,23,25)(H,21,22,24). The number of aromatic nitrogens is 2. The van der Waals surface area contributed by atoms with E-state index in [0.29, 0.717) is 27.2 Å². The molecule has 1 heterocycles. The van der Waals surface area contributed by atoms with Crippen LogP contribution in [0.3, 0.4) is 0 Å². The first-order valence-electron chi connectivity index (χ1n) is 8.47. The highest BCUT2D eigenvalue weighted by molar-refractivity contribution is 6.39. The van der Waals surface area contributed by atoms with Gasteiger partial charge in [-0.05, 0) is 25.0 Å². The van der Waals surface area contributed by atoms with Crippen molar-refractivity contribution in [3.8, 4) is 0 Å². The van der Waals surface area contributed by atoms with E-state index in [1.54, 1.807) is 18.2 Å². The summed E-state index contributed by atoms with van der Waals surface area (Å²) >= 11 is 12.2. The van der Waals surface area contributed by atoms with Crippen molar-refractivity contribution in [2.24, 2.45) is 0 Å². The summed E-state index contributed by atoms with van der Waals surface area (Å²) in [7, 11) is 0. The number of halogens is 2. The van der Waals surface area contributed by atoms with Crippen molar-refractivity contribution >= 4 is 40.7 Å². The molecule has 0 atom stereocenters. The van der Waals surface area contributed by atoms with Crippen LogP contribution in [0, 0.1) is 0 Å². The minimum absolute atomic E-state index is 0.130. The second-order valence-corrected chi connectivity index (χ2v) is 6.99. The Morgan fingerprint density at radius 3 is 2.20 bits per heavy atom. The van der Waals surface area contributed by atoms with Crippen molar-refractivity contribution in [2.45, 2.75) is 44.6 Å². The van der Waals surface area contributed by atoms with Crippen molar-refractivity contribution in [1.29, 1.82) is 0 Å². The zero-order chi connectivity index (χ0) is 17.6. The van der Waals surface area contributed by atoms with Crippen LogP contribution in [0.25, 0.3) is 0 Å². The summed E-state index contributed by atoms with van der Waals surface area (Å²) in [5.41, 5.74) is 0.988. The van der Waals surface area contributed by atoms with Gasteiger partial charge in [-0.15, -0.1) is 0 Å². The molecule has 0 radical (unpaired) electrons. The van der Waals surface area contributed by atoms with E-state index in [-0.39, 0.29) is 11.9 Å². The fourth-order valence-corrected chi connectivity index (χ4v) is 3.42. The third kappa shape index (κ3) is 4.83. The number of rotatable bonds is 4. The summed E-state index contributed by atoms with van der Waals surface area (Å²) in [6, 6.07) is 5.46. The molecule has 1 aliphatic carbocycles. The molecule has 1 aromatic carbocycles. The number of carbonyl (C=O) groups excluding carboxylic acids is 1. The topological polar surface area (TPSA) is 66.9 Å². The molecule has 0 saturated heterocycles. The Bertz CT molecular complexity index is 708. The molecule has 0 bridgehead atoms. The molecule has 7 heteroatoms. The van der Waals surface area contributed by atoms with Gasteiger partial charge in [-0.1, -0.05) is 55.0 Å². The third-order valence-electron chi connectivity index (χ3n) is 4.30. The van der Waals surface area contributed by atoms with Gasteiger partial charge >= 0.3 is 0 Å². The first-order chi connectivity index (χ1) is 12.1. The van der Waals surface area contributed by atoms with E-state index in [0.717, 1.165) is 12.8 Å². The van der Waals surface area contributed by atoms with E-state index in [4.69, 9.17) is 23.2 Å². The number of carbonyl (C=O) groups is 1. The Balaban J connectivity index is 1.64. The summed E-state index contributed by atoms with van der Waals surface area (Å²) in [5.74, 6) is 0.204. The molecule has 1 saturated carbocycles. The molecular weight excluding hydrogens is 359 g/mol. The van der Waals surface area contributed by atoms with Gasteiger partial charge in [-0.3, -0.25) is 4.79 Å². The number of anilines is 2. The minimum atomic E-state index is -0.130. The Hall–Kier alpha value is -1.85. The molecule has 2 aromatic rings. The molecule has 1 amide bonds. The summed E-state index contributed by atoms with van der Waals surface area (Å²) in [5, 5.41) is 7.02. The number of hydrogen-bond acceptors (Lipinski definition) is 4. The summed E-state index contributed by atoms with van der Waals surface area (Å²) in [6.07, 6.45) is 9.93. The average Bonchev–Trinajstić information content (AvgIpc) is 2.87. The number of hydrogen-bond donors (Lipinski definition) is 2. The molecule has 0 aliphatic heterocycles. The fraction of sp³-hybridized carbons (Fsp3) is 0.389. The third-order valence-corrected chi connectivity index (χ3v) is 4.93. The van der Waals surface area contributed by atoms with Gasteiger partial charge in [0.15, 0.2) is 0 Å². The molecular formula is C18H20Cl2N4O. The number of nitrogens with zero attached hydrogens (tertiary/aromatic N) is 2. The fourth-order valence-electron chi connectivity index (χ4n) is 2.93. The molecule has 3 rings (SSSR count). The van der Waals surface area contributed by atoms with Crippen LogP contribution in [0.15, 0.2) is 30.6 Å². The maximum Gasteiger partial charge on any atom is 0.254 e. The van der Waals surface area contributed by atoms with Crippen molar-refractivity contribution in [1.82, 2.24) is 15.3 Å². The van der Waals surface area contributed by atoms with Crippen LogP contribution in [0.4, 0.5) is 11.6 Å². The first-order valence-corrected chi connectivity index (χ1v) is 9.23. The summed E-state index contributed by atoms with van der Waals surface area (Å²) < 4.78 is 0. The Kier molecular flexibility index (Phi) is 6.10. The van der Waals surface area contributed by atoms with Crippen LogP contribution in [0.1, 0.15) is 48.9 Å². The molecule has 2 N–H and O–H groups in total. The maximum atomic E-state index is 12.3. The van der Waals surface area contributed by atoms with Gasteiger partial charge in [-0.25, -0.2) is 9.97 Å². The van der Waals surface area contributed by atoms with Crippen LogP contribution in [0.2, 0.25) is 10.0 Å². The van der Waals surface area contributed by atoms with Gasteiger partial charge in [0.1, 0.15) is 0 Å². The molecule has 0 unspecified atom stereocenters. The Morgan fingerprint density at radius 1 is 1.00 bits per heavy atom. The Labute approximate surface area is 157 Å². The van der Waals surface area contributed by atoms with E-state index in [9.17, 15) is 4.79 Å². The summed E-state index contributed by atoms with van der Waals surface area (Å²) in [4.78, 5) is 20.7. The lowest BCUT2D eigenvalue weighted by atomic mass is 10.1. The highest BCUT2D eigenvalue weighted by atomic mass is 35.5. The van der Waals surface area contributed by atoms with E-state index in [1.165, 1.54) is 38.1 Å². The van der Waals surface area contributed by atoms with Crippen LogP contribution in [-0.2, 0) is 0 Å². The van der Waals surface area contributed by atoms with Crippen LogP contribution < -0.4 is 10.6 Å². The average molecular weight is 379 g/mol. The molecule has 1 aliphatic rings. The van der Waals surface area contributed by atoms with E-state index in [1.807, 2.05) is 0 Å². The van der Waals surface area contributed by atoms with Crippen molar-refractivity contribution in [3.63, 3.8) is 0 Å². The monoisotopic (exact) mass is 378 g/mol. The predicted octanol–water partition coefficient (Wildman–Crippen LogP) is 4.98. The number of amides is 1. The predicted molar refractivity (Wildman–Crippen MR) is 101 cm³/mol. The Morgan fingerprint density at radius 2 is 1.60 bits per heavy atom. The summed E-state index contributed by atoms with van der Waals surface area (Å²) in [6.45, 7) is 0. The lowest BCUT2D eigenvalue weighted by Crippen LogP contribution is -2.34. The van der Waals surface area contributed by atoms with E-state index < -0.39 is 0 Å². The van der Waals surface area contributed by atoms with Crippen molar-refractivity contribution in [2.75, 3.05) is 5.32 Å². The largest absolute Gasteiger partial charge is 0.349 e. The molecule has 5 nitrogen and oxygen atoms in total. The number of benzene rings is 1.